The quantitative estimate of drug-likeness (QED) is 0.509. The maximum absolute atomic E-state index is 12.8. The second kappa shape index (κ2) is 11.5. The monoisotopic (exact) mass is 486 g/mol. The summed E-state index contributed by atoms with van der Waals surface area (Å²) < 4.78 is 21.2. The molecular formula is C24H26N2O7S. The van der Waals surface area contributed by atoms with E-state index in [0.29, 0.717) is 45.6 Å². The third-order valence-electron chi connectivity index (χ3n) is 4.93. The number of ether oxygens (including phenoxy) is 4. The Morgan fingerprint density at radius 1 is 0.971 bits per heavy atom. The molecule has 1 aliphatic rings. The van der Waals surface area contributed by atoms with Crippen molar-refractivity contribution in [3.63, 3.8) is 0 Å². The van der Waals surface area contributed by atoms with Crippen LogP contribution in [0.2, 0.25) is 0 Å². The number of nitrogens with one attached hydrogen (secondary N) is 1. The second-order valence-corrected chi connectivity index (χ2v) is 8.00. The number of carbonyl (C=O) groups excluding carboxylic acids is 3. The smallest absolute Gasteiger partial charge is 0.293 e. The van der Waals surface area contributed by atoms with Gasteiger partial charge in [0.15, 0.2) is 23.0 Å². The molecule has 1 N–H and O–H groups in total. The lowest BCUT2D eigenvalue weighted by Gasteiger charge is -2.14. The molecule has 3 amide bonds. The number of hydrogen-bond donors (Lipinski definition) is 1. The van der Waals surface area contributed by atoms with Crippen LogP contribution in [0.1, 0.15) is 22.8 Å². The highest BCUT2D eigenvalue weighted by atomic mass is 32.2. The first-order valence-corrected chi connectivity index (χ1v) is 11.3. The van der Waals surface area contributed by atoms with Crippen LogP contribution < -0.4 is 24.3 Å². The lowest BCUT2D eigenvalue weighted by atomic mass is 10.2. The highest BCUT2D eigenvalue weighted by Crippen LogP contribution is 2.34. The summed E-state index contributed by atoms with van der Waals surface area (Å²) in [5.74, 6) is 1.30. The molecule has 3 rings (SSSR count). The summed E-state index contributed by atoms with van der Waals surface area (Å²) in [6.07, 6.45) is 1.63. The number of methoxy groups -OCH3 is 3. The molecule has 1 heterocycles. The second-order valence-electron chi connectivity index (χ2n) is 7.00. The molecule has 0 aromatic heterocycles. The van der Waals surface area contributed by atoms with Gasteiger partial charge in [-0.1, -0.05) is 6.07 Å². The Bertz CT molecular complexity index is 1120. The van der Waals surface area contributed by atoms with Gasteiger partial charge in [0.25, 0.3) is 17.1 Å². The van der Waals surface area contributed by atoms with Crippen molar-refractivity contribution in [3.05, 3.63) is 52.4 Å². The van der Waals surface area contributed by atoms with Crippen molar-refractivity contribution in [2.45, 2.75) is 6.92 Å². The van der Waals surface area contributed by atoms with Crippen molar-refractivity contribution >= 4 is 34.9 Å². The maximum atomic E-state index is 12.8. The Morgan fingerprint density at radius 3 is 2.32 bits per heavy atom. The first-order chi connectivity index (χ1) is 16.4. The van der Waals surface area contributed by atoms with Gasteiger partial charge in [0.1, 0.15) is 0 Å². The van der Waals surface area contributed by atoms with Gasteiger partial charge in [-0.05, 0) is 60.7 Å². The molecule has 1 saturated heterocycles. The molecule has 2 aromatic rings. The largest absolute Gasteiger partial charge is 0.493 e. The molecule has 9 nitrogen and oxygen atoms in total. The Labute approximate surface area is 202 Å². The number of rotatable bonds is 10. The molecule has 1 aliphatic heterocycles. The number of hydrogen-bond acceptors (Lipinski definition) is 8. The Kier molecular flexibility index (Phi) is 8.42. The van der Waals surface area contributed by atoms with Crippen molar-refractivity contribution in [2.24, 2.45) is 0 Å². The molecule has 0 unspecified atom stereocenters. The van der Waals surface area contributed by atoms with E-state index in [0.717, 1.165) is 16.7 Å². The lowest BCUT2D eigenvalue weighted by molar-refractivity contribution is -0.122. The van der Waals surface area contributed by atoms with E-state index in [2.05, 4.69) is 5.32 Å². The molecular weight excluding hydrogens is 460 g/mol. The Balaban J connectivity index is 1.62. The maximum Gasteiger partial charge on any atom is 0.293 e. The molecule has 0 atom stereocenters. The molecule has 2 aromatic carbocycles. The van der Waals surface area contributed by atoms with Crippen LogP contribution in [-0.4, -0.2) is 63.0 Å². The highest BCUT2D eigenvalue weighted by Gasteiger charge is 2.34. The van der Waals surface area contributed by atoms with Gasteiger partial charge in [-0.2, -0.15) is 0 Å². The summed E-state index contributed by atoms with van der Waals surface area (Å²) in [6, 6.07) is 10.1. The lowest BCUT2D eigenvalue weighted by Crippen LogP contribution is -2.37. The SMILES string of the molecule is CCOc1ccc(/C=C2\SC(=O)N(CCNC(=O)c3ccc(OC)c(OC)c3)C2=O)cc1OC. The van der Waals surface area contributed by atoms with Gasteiger partial charge in [0.05, 0.1) is 32.8 Å². The number of benzene rings is 2. The fraction of sp³-hybridized carbons (Fsp3) is 0.292. The molecule has 34 heavy (non-hydrogen) atoms. The highest BCUT2D eigenvalue weighted by molar-refractivity contribution is 8.18. The van der Waals surface area contributed by atoms with E-state index in [1.165, 1.54) is 21.3 Å². The van der Waals surface area contributed by atoms with Gasteiger partial charge in [-0.15, -0.1) is 0 Å². The molecule has 0 saturated carbocycles. The predicted octanol–water partition coefficient (Wildman–Crippen LogP) is 3.58. The van der Waals surface area contributed by atoms with E-state index >= 15 is 0 Å². The normalized spacial score (nSPS) is 14.4. The van der Waals surface area contributed by atoms with Crippen LogP contribution in [-0.2, 0) is 4.79 Å². The zero-order chi connectivity index (χ0) is 24.7. The van der Waals surface area contributed by atoms with Crippen LogP contribution in [0.5, 0.6) is 23.0 Å². The standard InChI is InChI=1S/C24H26N2O7S/c1-5-33-18-8-6-15(12-19(18)31-3)13-21-23(28)26(24(29)34-21)11-10-25-22(27)16-7-9-17(30-2)20(14-16)32-4/h6-9,12-14H,5,10-11H2,1-4H3,(H,25,27)/b21-13-. The summed E-state index contributed by atoms with van der Waals surface area (Å²) in [4.78, 5) is 39.0. The first-order valence-electron chi connectivity index (χ1n) is 10.5. The van der Waals surface area contributed by atoms with Gasteiger partial charge in [-0.25, -0.2) is 0 Å². The average Bonchev–Trinajstić information content (AvgIpc) is 3.11. The third kappa shape index (κ3) is 5.63. The minimum Gasteiger partial charge on any atom is -0.493 e. The van der Waals surface area contributed by atoms with Gasteiger partial charge < -0.3 is 24.3 Å². The molecule has 0 radical (unpaired) electrons. The van der Waals surface area contributed by atoms with Gasteiger partial charge in [0, 0.05) is 18.7 Å². The Morgan fingerprint density at radius 2 is 1.65 bits per heavy atom. The topological polar surface area (TPSA) is 103 Å². The van der Waals surface area contributed by atoms with E-state index in [4.69, 9.17) is 18.9 Å². The minimum absolute atomic E-state index is 0.0492. The van der Waals surface area contributed by atoms with Crippen molar-refractivity contribution in [3.8, 4) is 23.0 Å². The summed E-state index contributed by atoms with van der Waals surface area (Å²) in [7, 11) is 4.52. The molecule has 1 fully saturated rings. The number of thioether (sulfide) groups is 1. The summed E-state index contributed by atoms with van der Waals surface area (Å²) in [5.41, 5.74) is 1.07. The number of amides is 3. The van der Waals surface area contributed by atoms with Crippen molar-refractivity contribution in [1.29, 1.82) is 0 Å². The molecule has 10 heteroatoms. The Hall–Kier alpha value is -3.66. The zero-order valence-corrected chi connectivity index (χ0v) is 20.2. The van der Waals surface area contributed by atoms with E-state index in [9.17, 15) is 14.4 Å². The van der Waals surface area contributed by atoms with Gasteiger partial charge in [-0.3, -0.25) is 19.3 Å². The third-order valence-corrected chi connectivity index (χ3v) is 5.83. The van der Waals surface area contributed by atoms with Crippen LogP contribution in [0.15, 0.2) is 41.3 Å². The van der Waals surface area contributed by atoms with Gasteiger partial charge in [0.2, 0.25) is 0 Å². The summed E-state index contributed by atoms with van der Waals surface area (Å²) in [5, 5.41) is 2.32. The van der Waals surface area contributed by atoms with Crippen LogP contribution in [0.4, 0.5) is 4.79 Å². The van der Waals surface area contributed by atoms with Crippen molar-refractivity contribution in [2.75, 3.05) is 41.0 Å². The van der Waals surface area contributed by atoms with Crippen LogP contribution in [0.25, 0.3) is 6.08 Å². The predicted molar refractivity (Wildman–Crippen MR) is 129 cm³/mol. The van der Waals surface area contributed by atoms with E-state index in [1.54, 1.807) is 42.5 Å². The minimum atomic E-state index is -0.414. The molecule has 180 valence electrons. The number of imide groups is 1. The molecule has 0 bridgehead atoms. The summed E-state index contributed by atoms with van der Waals surface area (Å²) in [6.45, 7) is 2.53. The zero-order valence-electron chi connectivity index (χ0n) is 19.4. The van der Waals surface area contributed by atoms with Crippen LogP contribution in [0, 0.1) is 0 Å². The van der Waals surface area contributed by atoms with Gasteiger partial charge >= 0.3 is 0 Å². The van der Waals surface area contributed by atoms with Crippen LogP contribution in [0.3, 0.4) is 0 Å². The fourth-order valence-electron chi connectivity index (χ4n) is 3.25. The van der Waals surface area contributed by atoms with Crippen LogP contribution >= 0.6 is 11.8 Å². The molecule has 0 spiro atoms. The molecule has 0 aliphatic carbocycles. The summed E-state index contributed by atoms with van der Waals surface area (Å²) >= 11 is 0.852. The van der Waals surface area contributed by atoms with E-state index in [-0.39, 0.29) is 19.0 Å². The number of carbonyl (C=O) groups is 3. The average molecular weight is 487 g/mol. The van der Waals surface area contributed by atoms with E-state index in [1.807, 2.05) is 6.92 Å². The van der Waals surface area contributed by atoms with Crippen molar-refractivity contribution < 1.29 is 33.3 Å². The number of nitrogens with zero attached hydrogens (tertiary/aromatic N) is 1. The van der Waals surface area contributed by atoms with E-state index < -0.39 is 11.1 Å². The van der Waals surface area contributed by atoms with Crippen molar-refractivity contribution in [1.82, 2.24) is 10.2 Å². The first kappa shape index (κ1) is 25.0. The fourth-order valence-corrected chi connectivity index (χ4v) is 4.12.